The molecule has 0 heterocycles. The zero-order chi connectivity index (χ0) is 17.4. The van der Waals surface area contributed by atoms with Crippen molar-refractivity contribution in [2.45, 2.75) is 17.7 Å². The van der Waals surface area contributed by atoms with Crippen LogP contribution in [0.4, 0.5) is 15.8 Å². The predicted molar refractivity (Wildman–Crippen MR) is 79.8 cm³/mol. The summed E-state index contributed by atoms with van der Waals surface area (Å²) in [6.07, 6.45) is 0.216. The van der Waals surface area contributed by atoms with Gasteiger partial charge < -0.3 is 10.1 Å². The SMILES string of the molecule is C[C@]1(C(=O)OCC(=O)Nc2ccc(F)c([N+](=O)[O-])c2)CC1(Cl)Cl. The van der Waals surface area contributed by atoms with Crippen LogP contribution in [0.25, 0.3) is 0 Å². The zero-order valence-corrected chi connectivity index (χ0v) is 13.3. The lowest BCUT2D eigenvalue weighted by atomic mass is 10.1. The fraction of sp³-hybridized carbons (Fsp3) is 0.385. The molecule has 23 heavy (non-hydrogen) atoms. The van der Waals surface area contributed by atoms with Crippen LogP contribution in [0.2, 0.25) is 0 Å². The maximum Gasteiger partial charge on any atom is 0.315 e. The summed E-state index contributed by atoms with van der Waals surface area (Å²) in [6, 6.07) is 2.85. The summed E-state index contributed by atoms with van der Waals surface area (Å²) in [5.74, 6) is -2.48. The monoisotopic (exact) mass is 364 g/mol. The molecule has 1 amide bonds. The van der Waals surface area contributed by atoms with Crippen molar-refractivity contribution in [3.05, 3.63) is 34.1 Å². The van der Waals surface area contributed by atoms with E-state index in [2.05, 4.69) is 5.32 Å². The molecule has 124 valence electrons. The number of carbonyl (C=O) groups excluding carboxylic acids is 2. The molecule has 1 aliphatic rings. The van der Waals surface area contributed by atoms with Crippen molar-refractivity contribution in [2.24, 2.45) is 5.41 Å². The quantitative estimate of drug-likeness (QED) is 0.374. The number of nitrogens with zero attached hydrogens (tertiary/aromatic N) is 1. The predicted octanol–water partition coefficient (Wildman–Crippen LogP) is 2.80. The van der Waals surface area contributed by atoms with Crippen LogP contribution < -0.4 is 5.32 Å². The molecule has 1 N–H and O–H groups in total. The van der Waals surface area contributed by atoms with Gasteiger partial charge in [-0.2, -0.15) is 4.39 Å². The topological polar surface area (TPSA) is 98.5 Å². The summed E-state index contributed by atoms with van der Waals surface area (Å²) in [5.41, 5.74) is -1.84. The van der Waals surface area contributed by atoms with E-state index < -0.39 is 44.7 Å². The first-order valence-electron chi connectivity index (χ1n) is 6.36. The van der Waals surface area contributed by atoms with Crippen LogP contribution in [0.5, 0.6) is 0 Å². The number of amides is 1. The molecule has 10 heteroatoms. The number of carbonyl (C=O) groups is 2. The van der Waals surface area contributed by atoms with E-state index in [0.29, 0.717) is 0 Å². The fourth-order valence-corrected chi connectivity index (χ4v) is 2.53. The van der Waals surface area contributed by atoms with Gasteiger partial charge in [-0.3, -0.25) is 19.7 Å². The Bertz CT molecular complexity index is 697. The number of anilines is 1. The number of hydrogen-bond acceptors (Lipinski definition) is 5. The van der Waals surface area contributed by atoms with Crippen LogP contribution in [0.1, 0.15) is 13.3 Å². The van der Waals surface area contributed by atoms with Gasteiger partial charge in [0.2, 0.25) is 5.82 Å². The van der Waals surface area contributed by atoms with Crippen LogP contribution in [0, 0.1) is 21.3 Å². The molecule has 7 nitrogen and oxygen atoms in total. The van der Waals surface area contributed by atoms with Crippen LogP contribution in [0.15, 0.2) is 18.2 Å². The number of hydrogen-bond donors (Lipinski definition) is 1. The maximum atomic E-state index is 13.2. The highest BCUT2D eigenvalue weighted by atomic mass is 35.5. The van der Waals surface area contributed by atoms with Gasteiger partial charge in [0.25, 0.3) is 5.91 Å². The minimum atomic E-state index is -1.21. The first kappa shape index (κ1) is 17.4. The molecule has 0 radical (unpaired) electrons. The summed E-state index contributed by atoms with van der Waals surface area (Å²) in [4.78, 5) is 33.1. The van der Waals surface area contributed by atoms with Gasteiger partial charge in [-0.05, 0) is 19.1 Å². The number of alkyl halides is 2. The molecule has 1 aliphatic carbocycles. The van der Waals surface area contributed by atoms with Crippen molar-refractivity contribution < 1.29 is 23.6 Å². The molecule has 2 rings (SSSR count). The average Bonchev–Trinajstić information content (AvgIpc) is 2.98. The molecule has 0 aliphatic heterocycles. The molecule has 0 unspecified atom stereocenters. The van der Waals surface area contributed by atoms with Gasteiger partial charge in [0.1, 0.15) is 9.75 Å². The van der Waals surface area contributed by atoms with Crippen LogP contribution in [-0.4, -0.2) is 27.7 Å². The second-order valence-electron chi connectivity index (χ2n) is 5.26. The molecule has 1 aromatic rings. The third-order valence-electron chi connectivity index (χ3n) is 3.47. The summed E-state index contributed by atoms with van der Waals surface area (Å²) in [5, 5.41) is 12.9. The highest BCUT2D eigenvalue weighted by Gasteiger charge is 2.69. The minimum Gasteiger partial charge on any atom is -0.455 e. The smallest absolute Gasteiger partial charge is 0.315 e. The van der Waals surface area contributed by atoms with E-state index in [1.54, 1.807) is 0 Å². The summed E-state index contributed by atoms with van der Waals surface area (Å²) in [6.45, 7) is 0.889. The number of rotatable bonds is 5. The van der Waals surface area contributed by atoms with E-state index in [1.165, 1.54) is 6.92 Å². The fourth-order valence-electron chi connectivity index (χ4n) is 1.84. The molecule has 1 saturated carbocycles. The molecule has 0 bridgehead atoms. The van der Waals surface area contributed by atoms with Crippen molar-refractivity contribution in [3.8, 4) is 0 Å². The van der Waals surface area contributed by atoms with Crippen molar-refractivity contribution in [2.75, 3.05) is 11.9 Å². The van der Waals surface area contributed by atoms with E-state index in [1.807, 2.05) is 0 Å². The Labute approximate surface area is 139 Å². The number of nitrogens with one attached hydrogen (secondary N) is 1. The summed E-state index contributed by atoms with van der Waals surface area (Å²) >= 11 is 11.6. The highest BCUT2D eigenvalue weighted by Crippen LogP contribution is 2.64. The number of nitro groups is 1. The molecular formula is C13H11Cl2FN2O5. The van der Waals surface area contributed by atoms with E-state index in [-0.39, 0.29) is 12.1 Å². The van der Waals surface area contributed by atoms with Crippen LogP contribution in [0.3, 0.4) is 0 Å². The third-order valence-corrected chi connectivity index (χ3v) is 4.57. The highest BCUT2D eigenvalue weighted by molar-refractivity contribution is 6.53. The van der Waals surface area contributed by atoms with Gasteiger partial charge in [0.15, 0.2) is 6.61 Å². The minimum absolute atomic E-state index is 0.000756. The van der Waals surface area contributed by atoms with Gasteiger partial charge in [0.05, 0.1) is 4.92 Å². The standard InChI is InChI=1S/C13H11Cl2FN2O5/c1-12(6-13(12,14)15)11(20)23-5-10(19)17-7-2-3-8(16)9(4-7)18(21)22/h2-4H,5-6H2,1H3,(H,17,19)/t12-/m1/s1. The number of nitro benzene ring substituents is 1. The van der Waals surface area contributed by atoms with Crippen molar-refractivity contribution in [3.63, 3.8) is 0 Å². The van der Waals surface area contributed by atoms with E-state index in [9.17, 15) is 24.1 Å². The lowest BCUT2D eigenvalue weighted by molar-refractivity contribution is -0.387. The van der Waals surface area contributed by atoms with Gasteiger partial charge in [0, 0.05) is 18.2 Å². The van der Waals surface area contributed by atoms with Gasteiger partial charge in [-0.25, -0.2) is 0 Å². The Balaban J connectivity index is 1.92. The van der Waals surface area contributed by atoms with E-state index in [4.69, 9.17) is 27.9 Å². The average molecular weight is 365 g/mol. The normalized spacial score (nSPS) is 21.4. The second kappa shape index (κ2) is 5.93. The van der Waals surface area contributed by atoms with Gasteiger partial charge in [-0.1, -0.05) is 0 Å². The van der Waals surface area contributed by atoms with E-state index in [0.717, 1.165) is 18.2 Å². The summed E-state index contributed by atoms with van der Waals surface area (Å²) < 4.78 is 16.8. The Morgan fingerprint density at radius 1 is 1.48 bits per heavy atom. The van der Waals surface area contributed by atoms with Gasteiger partial charge >= 0.3 is 11.7 Å². The number of halogens is 3. The molecule has 1 fully saturated rings. The Morgan fingerprint density at radius 2 is 2.09 bits per heavy atom. The summed E-state index contributed by atoms with van der Waals surface area (Å²) in [7, 11) is 0. The molecule has 0 aromatic heterocycles. The van der Waals surface area contributed by atoms with Crippen LogP contribution >= 0.6 is 23.2 Å². The lowest BCUT2D eigenvalue weighted by Gasteiger charge is -2.11. The zero-order valence-electron chi connectivity index (χ0n) is 11.8. The Hall–Kier alpha value is -1.93. The second-order valence-corrected chi connectivity index (χ2v) is 6.74. The molecule has 0 saturated heterocycles. The number of ether oxygens (including phenoxy) is 1. The molecular weight excluding hydrogens is 354 g/mol. The molecule has 1 aromatic carbocycles. The maximum absolute atomic E-state index is 13.2. The lowest BCUT2D eigenvalue weighted by Crippen LogP contribution is -2.26. The van der Waals surface area contributed by atoms with Crippen molar-refractivity contribution in [1.82, 2.24) is 0 Å². The first-order chi connectivity index (χ1) is 10.6. The third kappa shape index (κ3) is 3.53. The van der Waals surface area contributed by atoms with Crippen molar-refractivity contribution in [1.29, 1.82) is 0 Å². The van der Waals surface area contributed by atoms with Gasteiger partial charge in [-0.15, -0.1) is 23.2 Å². The van der Waals surface area contributed by atoms with Crippen LogP contribution in [-0.2, 0) is 14.3 Å². The molecule has 0 spiro atoms. The Morgan fingerprint density at radius 3 is 2.61 bits per heavy atom. The van der Waals surface area contributed by atoms with E-state index >= 15 is 0 Å². The first-order valence-corrected chi connectivity index (χ1v) is 7.11. The largest absolute Gasteiger partial charge is 0.455 e. The molecule has 1 atom stereocenters. The number of esters is 1. The van der Waals surface area contributed by atoms with Crippen molar-refractivity contribution >= 4 is 46.5 Å². The Kier molecular flexibility index (Phi) is 4.50. The number of benzene rings is 1.